The lowest BCUT2D eigenvalue weighted by Gasteiger charge is -2.21. The molecular formula is C20H12F8N2O2. The van der Waals surface area contributed by atoms with Gasteiger partial charge in [-0.25, -0.2) is 8.78 Å². The number of benzene rings is 3. The summed E-state index contributed by atoms with van der Waals surface area (Å²) in [6, 6.07) is 6.83. The number of anilines is 2. The van der Waals surface area contributed by atoms with Crippen molar-refractivity contribution in [3.8, 4) is 23.0 Å². The van der Waals surface area contributed by atoms with Crippen LogP contribution in [0.25, 0.3) is 0 Å². The van der Waals surface area contributed by atoms with Crippen LogP contribution in [0.3, 0.4) is 0 Å². The van der Waals surface area contributed by atoms with Crippen molar-refractivity contribution < 1.29 is 44.6 Å². The third-order valence-corrected chi connectivity index (χ3v) is 4.10. The quantitative estimate of drug-likeness (QED) is 0.331. The molecule has 0 unspecified atom stereocenters. The fourth-order valence-corrected chi connectivity index (χ4v) is 2.70. The smallest absolute Gasteiger partial charge is 0.420 e. The molecule has 3 aromatic rings. The Bertz CT molecular complexity index is 1160. The molecule has 0 fully saturated rings. The third-order valence-electron chi connectivity index (χ3n) is 4.10. The van der Waals surface area contributed by atoms with E-state index in [9.17, 15) is 35.1 Å². The van der Waals surface area contributed by atoms with E-state index in [4.69, 9.17) is 20.9 Å². The van der Waals surface area contributed by atoms with Crippen LogP contribution < -0.4 is 20.9 Å². The second-order valence-electron chi connectivity index (χ2n) is 6.36. The van der Waals surface area contributed by atoms with Gasteiger partial charge >= 0.3 is 12.4 Å². The minimum Gasteiger partial charge on any atom is -0.454 e. The van der Waals surface area contributed by atoms with Crippen molar-refractivity contribution in [3.63, 3.8) is 0 Å². The molecule has 170 valence electrons. The summed E-state index contributed by atoms with van der Waals surface area (Å²) in [5.41, 5.74) is 5.34. The first-order valence-corrected chi connectivity index (χ1v) is 8.55. The number of alkyl halides is 6. The predicted octanol–water partition coefficient (Wildman–Crippen LogP) is 6.75. The summed E-state index contributed by atoms with van der Waals surface area (Å²) >= 11 is 0. The summed E-state index contributed by atoms with van der Waals surface area (Å²) in [5.74, 6) is -6.26. The van der Waals surface area contributed by atoms with Gasteiger partial charge in [0.05, 0.1) is 16.9 Å². The zero-order chi connectivity index (χ0) is 23.8. The SMILES string of the molecule is Nc1cccc(Oc2cc(Oc3cccc(N)c3F)c(C(F)(F)F)c(C(F)(F)F)c2)c1F. The first-order valence-electron chi connectivity index (χ1n) is 8.55. The van der Waals surface area contributed by atoms with Crippen LogP contribution >= 0.6 is 0 Å². The molecule has 3 rings (SSSR count). The van der Waals surface area contributed by atoms with Gasteiger partial charge in [-0.1, -0.05) is 12.1 Å². The molecule has 0 aliphatic carbocycles. The van der Waals surface area contributed by atoms with Gasteiger partial charge in [0, 0.05) is 6.07 Å². The third kappa shape index (κ3) is 4.63. The van der Waals surface area contributed by atoms with Crippen LogP contribution in [0.1, 0.15) is 11.1 Å². The number of hydrogen-bond donors (Lipinski definition) is 2. The topological polar surface area (TPSA) is 70.5 Å². The Morgan fingerprint density at radius 2 is 1.12 bits per heavy atom. The van der Waals surface area contributed by atoms with E-state index >= 15 is 0 Å². The standard InChI is InChI=1S/C20H12F8N2O2/c21-17-11(29)3-1-5-13(17)31-9-7-10(19(23,24)25)16(20(26,27)28)15(8-9)32-14-6-2-4-12(30)18(14)22/h1-8H,29-30H2. The van der Waals surface area contributed by atoms with Crippen molar-refractivity contribution in [2.75, 3.05) is 11.5 Å². The Morgan fingerprint density at radius 3 is 1.59 bits per heavy atom. The molecule has 3 aromatic carbocycles. The molecule has 4 N–H and O–H groups in total. The molecule has 0 atom stereocenters. The number of halogens is 8. The summed E-state index contributed by atoms with van der Waals surface area (Å²) in [6.07, 6.45) is -11.1. The van der Waals surface area contributed by atoms with E-state index in [1.165, 1.54) is 6.07 Å². The molecule has 12 heteroatoms. The monoisotopic (exact) mass is 464 g/mol. The van der Waals surface area contributed by atoms with Gasteiger partial charge in [0.25, 0.3) is 0 Å². The molecule has 0 spiro atoms. The maximum absolute atomic E-state index is 14.1. The van der Waals surface area contributed by atoms with E-state index in [1.54, 1.807) is 0 Å². The van der Waals surface area contributed by atoms with Gasteiger partial charge in [-0.2, -0.15) is 26.3 Å². The highest BCUT2D eigenvalue weighted by molar-refractivity contribution is 5.55. The highest BCUT2D eigenvalue weighted by Crippen LogP contribution is 2.49. The lowest BCUT2D eigenvalue weighted by atomic mass is 10.0. The van der Waals surface area contributed by atoms with Crippen LogP contribution in [0.15, 0.2) is 48.5 Å². The number of nitrogen functional groups attached to an aromatic ring is 2. The van der Waals surface area contributed by atoms with Crippen molar-refractivity contribution >= 4 is 11.4 Å². The van der Waals surface area contributed by atoms with E-state index in [0.29, 0.717) is 6.07 Å². The number of rotatable bonds is 4. The molecule has 32 heavy (non-hydrogen) atoms. The Morgan fingerprint density at radius 1 is 0.625 bits per heavy atom. The van der Waals surface area contributed by atoms with E-state index in [2.05, 4.69) is 0 Å². The highest BCUT2D eigenvalue weighted by atomic mass is 19.4. The first-order chi connectivity index (χ1) is 14.8. The molecule has 0 radical (unpaired) electrons. The van der Waals surface area contributed by atoms with Gasteiger partial charge in [0.15, 0.2) is 23.1 Å². The minimum atomic E-state index is -5.56. The molecule has 0 heterocycles. The zero-order valence-electron chi connectivity index (χ0n) is 15.6. The van der Waals surface area contributed by atoms with Gasteiger partial charge in [0.1, 0.15) is 17.1 Å². The molecule has 0 aromatic heterocycles. The van der Waals surface area contributed by atoms with E-state index in [1.807, 2.05) is 0 Å². The molecule has 0 saturated heterocycles. The highest BCUT2D eigenvalue weighted by Gasteiger charge is 2.46. The summed E-state index contributed by atoms with van der Waals surface area (Å²) in [7, 11) is 0. The summed E-state index contributed by atoms with van der Waals surface area (Å²) < 4.78 is 119. The molecule has 0 bridgehead atoms. The maximum atomic E-state index is 14.1. The van der Waals surface area contributed by atoms with Crippen molar-refractivity contribution in [1.82, 2.24) is 0 Å². The van der Waals surface area contributed by atoms with Crippen molar-refractivity contribution in [2.45, 2.75) is 12.4 Å². The van der Waals surface area contributed by atoms with Crippen molar-refractivity contribution in [2.24, 2.45) is 0 Å². The van der Waals surface area contributed by atoms with Gasteiger partial charge in [-0.3, -0.25) is 0 Å². The molecule has 0 aliphatic rings. The summed E-state index contributed by atoms with van der Waals surface area (Å²) in [6.45, 7) is 0. The lowest BCUT2D eigenvalue weighted by molar-refractivity contribution is -0.162. The first kappa shape index (κ1) is 23.0. The molecule has 0 saturated carbocycles. The Hall–Kier alpha value is -3.70. The Labute approximate surface area is 175 Å². The molecular weight excluding hydrogens is 452 g/mol. The van der Waals surface area contributed by atoms with Crippen molar-refractivity contribution in [3.05, 3.63) is 71.3 Å². The van der Waals surface area contributed by atoms with Crippen LogP contribution in [-0.4, -0.2) is 0 Å². The Balaban J connectivity index is 2.23. The summed E-state index contributed by atoms with van der Waals surface area (Å²) in [4.78, 5) is 0. The fourth-order valence-electron chi connectivity index (χ4n) is 2.70. The Kier molecular flexibility index (Phi) is 5.81. The van der Waals surface area contributed by atoms with Gasteiger partial charge < -0.3 is 20.9 Å². The zero-order valence-corrected chi connectivity index (χ0v) is 15.6. The molecule has 0 amide bonds. The van der Waals surface area contributed by atoms with Crippen LogP contribution in [0, 0.1) is 11.6 Å². The minimum absolute atomic E-state index is 0.0219. The molecule has 0 aliphatic heterocycles. The van der Waals surface area contributed by atoms with Crippen LogP contribution in [-0.2, 0) is 12.4 Å². The predicted molar refractivity (Wildman–Crippen MR) is 98.2 cm³/mol. The van der Waals surface area contributed by atoms with Crippen LogP contribution in [0.5, 0.6) is 23.0 Å². The fraction of sp³-hybridized carbons (Fsp3) is 0.100. The average molecular weight is 464 g/mol. The second kappa shape index (κ2) is 8.09. The van der Waals surface area contributed by atoms with E-state index in [-0.39, 0.29) is 6.07 Å². The lowest BCUT2D eigenvalue weighted by Crippen LogP contribution is -2.18. The second-order valence-corrected chi connectivity index (χ2v) is 6.36. The summed E-state index contributed by atoms with van der Waals surface area (Å²) in [5, 5.41) is 0. The number of nitrogens with two attached hydrogens (primary N) is 2. The average Bonchev–Trinajstić information content (AvgIpc) is 2.67. The maximum Gasteiger partial charge on any atom is 0.420 e. The van der Waals surface area contributed by atoms with Crippen molar-refractivity contribution in [1.29, 1.82) is 0 Å². The molecule has 4 nitrogen and oxygen atoms in total. The number of hydrogen-bond acceptors (Lipinski definition) is 4. The van der Waals surface area contributed by atoms with Crippen LogP contribution in [0.4, 0.5) is 46.5 Å². The number of ether oxygens (including phenoxy) is 2. The van der Waals surface area contributed by atoms with Gasteiger partial charge in [-0.15, -0.1) is 0 Å². The largest absolute Gasteiger partial charge is 0.454 e. The van der Waals surface area contributed by atoms with Gasteiger partial charge in [-0.05, 0) is 30.3 Å². The van der Waals surface area contributed by atoms with E-state index < -0.39 is 69.5 Å². The van der Waals surface area contributed by atoms with Gasteiger partial charge in [0.2, 0.25) is 0 Å². The normalized spacial score (nSPS) is 12.0. The van der Waals surface area contributed by atoms with Crippen LogP contribution in [0.2, 0.25) is 0 Å². The van der Waals surface area contributed by atoms with E-state index in [0.717, 1.165) is 30.3 Å².